The maximum absolute atomic E-state index is 12.7. The lowest BCUT2D eigenvalue weighted by molar-refractivity contribution is 0.0692. The van der Waals surface area contributed by atoms with Crippen molar-refractivity contribution in [3.05, 3.63) is 57.8 Å². The topological polar surface area (TPSA) is 71.5 Å². The molecule has 0 bridgehead atoms. The molecule has 2 heterocycles. The molecule has 2 amide bonds. The van der Waals surface area contributed by atoms with Gasteiger partial charge in [0.05, 0.1) is 17.2 Å². The van der Waals surface area contributed by atoms with Crippen LogP contribution in [0.3, 0.4) is 0 Å². The van der Waals surface area contributed by atoms with Gasteiger partial charge in [-0.3, -0.25) is 14.6 Å². The molecule has 142 valence electrons. The van der Waals surface area contributed by atoms with Gasteiger partial charge in [0, 0.05) is 25.3 Å². The van der Waals surface area contributed by atoms with Gasteiger partial charge in [0.2, 0.25) is 0 Å². The highest BCUT2D eigenvalue weighted by molar-refractivity contribution is 6.37. The number of pyridine rings is 1. The molecule has 1 aliphatic rings. The number of likely N-dealkylation sites (tertiary alicyclic amines) is 1. The van der Waals surface area contributed by atoms with E-state index in [1.54, 1.807) is 41.4 Å². The van der Waals surface area contributed by atoms with E-state index >= 15 is 0 Å². The van der Waals surface area contributed by atoms with Crippen molar-refractivity contribution in [1.29, 1.82) is 0 Å². The number of carbonyl (C=O) groups excluding carboxylic acids is 2. The number of rotatable bonds is 4. The van der Waals surface area contributed by atoms with Gasteiger partial charge in [-0.15, -0.1) is 0 Å². The Balaban J connectivity index is 1.62. The van der Waals surface area contributed by atoms with Crippen molar-refractivity contribution in [2.24, 2.45) is 0 Å². The van der Waals surface area contributed by atoms with Crippen LogP contribution in [0.15, 0.2) is 36.5 Å². The highest BCUT2D eigenvalue weighted by Gasteiger charge is 2.27. The summed E-state index contributed by atoms with van der Waals surface area (Å²) in [7, 11) is 1.44. The van der Waals surface area contributed by atoms with E-state index in [1.807, 2.05) is 0 Å². The molecule has 3 rings (SSSR count). The fraction of sp³-hybridized carbons (Fsp3) is 0.316. The molecule has 1 aromatic carbocycles. The van der Waals surface area contributed by atoms with Gasteiger partial charge in [-0.2, -0.15) is 0 Å². The highest BCUT2D eigenvalue weighted by atomic mass is 35.5. The minimum atomic E-state index is -0.339. The first-order valence-electron chi connectivity index (χ1n) is 8.54. The third kappa shape index (κ3) is 4.34. The van der Waals surface area contributed by atoms with Gasteiger partial charge < -0.3 is 15.0 Å². The van der Waals surface area contributed by atoms with Crippen LogP contribution in [-0.4, -0.2) is 47.9 Å². The Labute approximate surface area is 167 Å². The summed E-state index contributed by atoms with van der Waals surface area (Å²) in [6.07, 6.45) is 2.89. The third-order valence-corrected chi connectivity index (χ3v) is 5.10. The van der Waals surface area contributed by atoms with Crippen LogP contribution in [0.5, 0.6) is 5.75 Å². The Morgan fingerprint density at radius 3 is 2.48 bits per heavy atom. The average molecular weight is 408 g/mol. The van der Waals surface area contributed by atoms with Crippen molar-refractivity contribution in [2.45, 2.75) is 18.9 Å². The molecule has 0 unspecified atom stereocenters. The number of aromatic nitrogens is 1. The van der Waals surface area contributed by atoms with Crippen LogP contribution >= 0.6 is 23.2 Å². The van der Waals surface area contributed by atoms with E-state index in [9.17, 15) is 9.59 Å². The second-order valence-electron chi connectivity index (χ2n) is 6.19. The average Bonchev–Trinajstić information content (AvgIpc) is 2.70. The normalized spacial score (nSPS) is 14.7. The number of benzene rings is 1. The van der Waals surface area contributed by atoms with Gasteiger partial charge in [-0.25, -0.2) is 0 Å². The van der Waals surface area contributed by atoms with Crippen LogP contribution in [0.4, 0.5) is 0 Å². The number of piperidine rings is 1. The number of hydrogen-bond donors (Lipinski definition) is 1. The number of amides is 2. The largest absolute Gasteiger partial charge is 0.494 e. The molecule has 1 saturated heterocycles. The van der Waals surface area contributed by atoms with Crippen LogP contribution in [-0.2, 0) is 0 Å². The SMILES string of the molecule is COc1c(Cl)ccc(Cl)c1C(=O)NC1CCN(C(=O)c2ccccn2)CC1. The number of nitrogens with zero attached hydrogens (tertiary/aromatic N) is 2. The fourth-order valence-electron chi connectivity index (χ4n) is 3.08. The summed E-state index contributed by atoms with van der Waals surface area (Å²) < 4.78 is 5.23. The Morgan fingerprint density at radius 2 is 1.85 bits per heavy atom. The minimum Gasteiger partial charge on any atom is -0.494 e. The van der Waals surface area contributed by atoms with Crippen molar-refractivity contribution in [3.8, 4) is 5.75 Å². The summed E-state index contributed by atoms with van der Waals surface area (Å²) in [5.41, 5.74) is 0.647. The van der Waals surface area contributed by atoms with Crippen LogP contribution < -0.4 is 10.1 Å². The molecule has 0 aliphatic carbocycles. The fourth-order valence-corrected chi connectivity index (χ4v) is 3.55. The van der Waals surface area contributed by atoms with Crippen molar-refractivity contribution in [1.82, 2.24) is 15.2 Å². The smallest absolute Gasteiger partial charge is 0.272 e. The Morgan fingerprint density at radius 1 is 1.15 bits per heavy atom. The first-order valence-corrected chi connectivity index (χ1v) is 9.30. The van der Waals surface area contributed by atoms with Crippen LogP contribution in [0.2, 0.25) is 10.0 Å². The number of carbonyl (C=O) groups is 2. The second-order valence-corrected chi connectivity index (χ2v) is 7.01. The number of nitrogens with one attached hydrogen (secondary N) is 1. The van der Waals surface area contributed by atoms with Crippen LogP contribution in [0, 0.1) is 0 Å². The Hall–Kier alpha value is -2.31. The first kappa shape index (κ1) is 19.5. The highest BCUT2D eigenvalue weighted by Crippen LogP contribution is 2.34. The van der Waals surface area contributed by atoms with Gasteiger partial charge in [0.1, 0.15) is 11.3 Å². The molecule has 0 atom stereocenters. The molecule has 1 aromatic heterocycles. The van der Waals surface area contributed by atoms with Crippen molar-refractivity contribution >= 4 is 35.0 Å². The van der Waals surface area contributed by atoms with Gasteiger partial charge >= 0.3 is 0 Å². The summed E-state index contributed by atoms with van der Waals surface area (Å²) in [5.74, 6) is -0.182. The monoisotopic (exact) mass is 407 g/mol. The molecule has 0 saturated carbocycles. The predicted octanol–water partition coefficient (Wildman–Crippen LogP) is 3.43. The van der Waals surface area contributed by atoms with Crippen molar-refractivity contribution in [3.63, 3.8) is 0 Å². The number of hydrogen-bond acceptors (Lipinski definition) is 4. The maximum Gasteiger partial charge on any atom is 0.272 e. The van der Waals surface area contributed by atoms with Gasteiger partial charge in [0.15, 0.2) is 5.75 Å². The lowest BCUT2D eigenvalue weighted by atomic mass is 10.0. The summed E-state index contributed by atoms with van der Waals surface area (Å²) in [4.78, 5) is 31.0. The molecular weight excluding hydrogens is 389 g/mol. The molecule has 0 radical (unpaired) electrons. The summed E-state index contributed by atoms with van der Waals surface area (Å²) in [6.45, 7) is 1.08. The van der Waals surface area contributed by atoms with E-state index in [1.165, 1.54) is 7.11 Å². The lowest BCUT2D eigenvalue weighted by Crippen LogP contribution is -2.46. The van der Waals surface area contributed by atoms with E-state index in [0.717, 1.165) is 0 Å². The molecule has 1 aliphatic heterocycles. The predicted molar refractivity (Wildman–Crippen MR) is 104 cm³/mol. The molecule has 8 heteroatoms. The lowest BCUT2D eigenvalue weighted by Gasteiger charge is -2.32. The quantitative estimate of drug-likeness (QED) is 0.842. The molecule has 6 nitrogen and oxygen atoms in total. The van der Waals surface area contributed by atoms with E-state index in [-0.39, 0.29) is 34.2 Å². The summed E-state index contributed by atoms with van der Waals surface area (Å²) in [6, 6.07) is 8.34. The zero-order valence-corrected chi connectivity index (χ0v) is 16.3. The maximum atomic E-state index is 12.7. The first-order chi connectivity index (χ1) is 13.0. The molecular formula is C19H19Cl2N3O3. The summed E-state index contributed by atoms with van der Waals surface area (Å²) in [5, 5.41) is 3.56. The Kier molecular flexibility index (Phi) is 6.19. The molecule has 27 heavy (non-hydrogen) atoms. The molecule has 0 spiro atoms. The molecule has 1 fully saturated rings. The second kappa shape index (κ2) is 8.59. The Bertz CT molecular complexity index is 838. The number of halogens is 2. The van der Waals surface area contributed by atoms with Crippen molar-refractivity contribution in [2.75, 3.05) is 20.2 Å². The zero-order valence-electron chi connectivity index (χ0n) is 14.7. The number of methoxy groups -OCH3 is 1. The van der Waals surface area contributed by atoms with Gasteiger partial charge in [0.25, 0.3) is 11.8 Å². The zero-order chi connectivity index (χ0) is 19.4. The number of ether oxygens (including phenoxy) is 1. The van der Waals surface area contributed by atoms with E-state index in [4.69, 9.17) is 27.9 Å². The van der Waals surface area contributed by atoms with E-state index in [2.05, 4.69) is 10.3 Å². The molecule has 1 N–H and O–H groups in total. The van der Waals surface area contributed by atoms with E-state index < -0.39 is 0 Å². The van der Waals surface area contributed by atoms with Gasteiger partial charge in [-0.1, -0.05) is 29.3 Å². The van der Waals surface area contributed by atoms with E-state index in [0.29, 0.717) is 36.6 Å². The van der Waals surface area contributed by atoms with Crippen LogP contribution in [0.25, 0.3) is 0 Å². The minimum absolute atomic E-state index is 0.0648. The van der Waals surface area contributed by atoms with Crippen molar-refractivity contribution < 1.29 is 14.3 Å². The van der Waals surface area contributed by atoms with Crippen LogP contribution in [0.1, 0.15) is 33.7 Å². The summed E-state index contributed by atoms with van der Waals surface area (Å²) >= 11 is 12.3. The standard InChI is InChI=1S/C19H19Cl2N3O3/c1-27-17-14(21)6-5-13(20)16(17)18(25)23-12-7-10-24(11-8-12)19(26)15-4-2-3-9-22-15/h2-6,9,12H,7-8,10-11H2,1H3,(H,23,25). The molecule has 2 aromatic rings. The third-order valence-electron chi connectivity index (χ3n) is 4.49. The van der Waals surface area contributed by atoms with Gasteiger partial charge in [-0.05, 0) is 37.1 Å².